The summed E-state index contributed by atoms with van der Waals surface area (Å²) >= 11 is 3.26. The number of carboxylic acid groups (broad SMARTS) is 2. The summed E-state index contributed by atoms with van der Waals surface area (Å²) in [7, 11) is -3.88. The van der Waals surface area contributed by atoms with Crippen molar-refractivity contribution >= 4 is 49.4 Å². The van der Waals surface area contributed by atoms with E-state index in [-0.39, 0.29) is 22.0 Å². The van der Waals surface area contributed by atoms with Crippen LogP contribution in [0.15, 0.2) is 76.2 Å². The maximum atomic E-state index is 12.6. The molecule has 0 bridgehead atoms. The molecule has 37 heavy (non-hydrogen) atoms. The largest absolute Gasteiger partial charge is 0.490 e. The maximum Gasteiger partial charge on any atom is 0.490 e. The van der Waals surface area contributed by atoms with Crippen molar-refractivity contribution < 1.29 is 41.4 Å². The van der Waals surface area contributed by atoms with Crippen LogP contribution in [0.25, 0.3) is 0 Å². The summed E-state index contributed by atoms with van der Waals surface area (Å²) in [6.07, 6.45) is -3.76. The summed E-state index contributed by atoms with van der Waals surface area (Å²) in [5.74, 6) is -3.67. The topological polar surface area (TPSA) is 137 Å². The van der Waals surface area contributed by atoms with E-state index in [2.05, 4.69) is 25.6 Å². The number of hydrogen-bond donors (Lipinski definition) is 3. The Bertz CT molecular complexity index is 1340. The van der Waals surface area contributed by atoms with E-state index in [1.807, 2.05) is 42.2 Å². The monoisotopic (exact) mass is 603 g/mol. The van der Waals surface area contributed by atoms with Crippen molar-refractivity contribution in [2.24, 2.45) is 0 Å². The zero-order valence-electron chi connectivity index (χ0n) is 19.1. The van der Waals surface area contributed by atoms with E-state index in [1.165, 1.54) is 24.4 Å². The zero-order valence-corrected chi connectivity index (χ0v) is 21.5. The minimum atomic E-state index is -5.08. The summed E-state index contributed by atoms with van der Waals surface area (Å²) in [4.78, 5) is 26.9. The first-order valence-corrected chi connectivity index (χ1v) is 12.6. The molecule has 0 spiro atoms. The van der Waals surface area contributed by atoms with Crippen LogP contribution in [0.2, 0.25) is 0 Å². The van der Waals surface area contributed by atoms with Crippen LogP contribution < -0.4 is 9.62 Å². The van der Waals surface area contributed by atoms with Gasteiger partial charge in [-0.25, -0.2) is 23.0 Å². The minimum absolute atomic E-state index is 0.0610. The van der Waals surface area contributed by atoms with Crippen molar-refractivity contribution in [3.63, 3.8) is 0 Å². The molecule has 0 radical (unpaired) electrons. The maximum absolute atomic E-state index is 12.6. The van der Waals surface area contributed by atoms with Gasteiger partial charge in [-0.05, 0) is 42.8 Å². The van der Waals surface area contributed by atoms with Crippen LogP contribution in [-0.4, -0.2) is 48.3 Å². The number of aromatic nitrogens is 1. The van der Waals surface area contributed by atoms with Crippen LogP contribution in [0.4, 0.5) is 24.7 Å². The van der Waals surface area contributed by atoms with E-state index in [4.69, 9.17) is 9.90 Å². The molecule has 0 atom stereocenters. The molecule has 2 aromatic carbocycles. The van der Waals surface area contributed by atoms with Gasteiger partial charge in [0, 0.05) is 17.6 Å². The molecular formula is C23H21BrF3N3O6S. The molecule has 3 rings (SSSR count). The lowest BCUT2D eigenvalue weighted by molar-refractivity contribution is -0.192. The molecule has 0 saturated carbocycles. The molecule has 3 N–H and O–H groups in total. The van der Waals surface area contributed by atoms with Gasteiger partial charge in [-0.15, -0.1) is 0 Å². The van der Waals surface area contributed by atoms with Crippen molar-refractivity contribution in [1.82, 2.24) is 4.98 Å². The quantitative estimate of drug-likeness (QED) is 0.327. The van der Waals surface area contributed by atoms with Crippen molar-refractivity contribution in [3.05, 3.63) is 82.5 Å². The average Bonchev–Trinajstić information content (AvgIpc) is 2.83. The van der Waals surface area contributed by atoms with Crippen LogP contribution >= 0.6 is 15.9 Å². The molecule has 0 aliphatic carbocycles. The number of pyridine rings is 1. The Morgan fingerprint density at radius 2 is 1.62 bits per heavy atom. The molecule has 0 aliphatic heterocycles. The number of halogens is 4. The molecule has 198 valence electrons. The Labute approximate surface area is 218 Å². The third-order valence-corrected chi connectivity index (χ3v) is 6.54. The molecule has 9 nitrogen and oxygen atoms in total. The zero-order chi connectivity index (χ0) is 27.8. The molecule has 1 heterocycles. The van der Waals surface area contributed by atoms with Gasteiger partial charge >= 0.3 is 18.1 Å². The van der Waals surface area contributed by atoms with Crippen LogP contribution in [0.1, 0.15) is 22.8 Å². The molecular weight excluding hydrogens is 583 g/mol. The van der Waals surface area contributed by atoms with Crippen molar-refractivity contribution in [1.29, 1.82) is 0 Å². The lowest BCUT2D eigenvalue weighted by Gasteiger charge is -2.24. The summed E-state index contributed by atoms with van der Waals surface area (Å²) in [5.41, 5.74) is 1.01. The van der Waals surface area contributed by atoms with Crippen molar-refractivity contribution in [3.8, 4) is 0 Å². The fourth-order valence-corrected chi connectivity index (χ4v) is 4.19. The van der Waals surface area contributed by atoms with Crippen LogP contribution in [0, 0.1) is 0 Å². The fourth-order valence-electron chi connectivity index (χ4n) is 2.89. The summed E-state index contributed by atoms with van der Waals surface area (Å²) in [6.45, 7) is 2.92. The second-order valence-electron chi connectivity index (χ2n) is 7.26. The molecule has 0 fully saturated rings. The van der Waals surface area contributed by atoms with Crippen molar-refractivity contribution in [2.45, 2.75) is 24.5 Å². The van der Waals surface area contributed by atoms with Crippen molar-refractivity contribution in [2.75, 3.05) is 16.2 Å². The number of rotatable bonds is 8. The van der Waals surface area contributed by atoms with E-state index < -0.39 is 28.1 Å². The molecule has 0 amide bonds. The number of carbonyl (C=O) groups is 2. The van der Waals surface area contributed by atoms with Gasteiger partial charge in [-0.1, -0.05) is 46.3 Å². The third-order valence-electron chi connectivity index (χ3n) is 4.61. The molecule has 0 saturated heterocycles. The van der Waals surface area contributed by atoms with Crippen LogP contribution in [0.3, 0.4) is 0 Å². The first kappa shape index (κ1) is 29.6. The Morgan fingerprint density at radius 3 is 2.11 bits per heavy atom. The lowest BCUT2D eigenvalue weighted by atomic mass is 10.2. The number of nitrogens with one attached hydrogen (secondary N) is 1. The standard InChI is InChI=1S/C21H20BrN3O4S.C2HF3O2/c1-2-25(14-15-6-4-3-5-7-15)20-19(21(26)27)12-17(13-23-20)24-30(28,29)18-10-8-16(22)9-11-18;3-2(4,5)1(6)7/h3-13,24H,2,14H2,1H3,(H,26,27);(H,6,7). The molecule has 1 aromatic heterocycles. The first-order valence-electron chi connectivity index (χ1n) is 10.3. The highest BCUT2D eigenvalue weighted by molar-refractivity contribution is 9.10. The van der Waals surface area contributed by atoms with E-state index in [9.17, 15) is 31.5 Å². The number of aliphatic carboxylic acids is 1. The van der Waals surface area contributed by atoms with Gasteiger partial charge in [0.15, 0.2) is 0 Å². The van der Waals surface area contributed by atoms with Gasteiger partial charge < -0.3 is 15.1 Å². The molecule has 0 aliphatic rings. The fraction of sp³-hybridized carbons (Fsp3) is 0.174. The second-order valence-corrected chi connectivity index (χ2v) is 9.86. The molecule has 3 aromatic rings. The Kier molecular flexibility index (Phi) is 10.0. The number of nitrogens with zero attached hydrogens (tertiary/aromatic N) is 2. The van der Waals surface area contributed by atoms with Gasteiger partial charge in [0.25, 0.3) is 10.0 Å². The van der Waals surface area contributed by atoms with E-state index in [0.29, 0.717) is 13.1 Å². The van der Waals surface area contributed by atoms with E-state index in [0.717, 1.165) is 10.0 Å². The number of sulfonamides is 1. The third kappa shape index (κ3) is 8.75. The Hall–Kier alpha value is -3.65. The number of hydrogen-bond acceptors (Lipinski definition) is 6. The number of alkyl halides is 3. The molecule has 0 unspecified atom stereocenters. The van der Waals surface area contributed by atoms with Gasteiger partial charge in [-0.2, -0.15) is 13.2 Å². The summed E-state index contributed by atoms with van der Waals surface area (Å²) < 4.78 is 60.1. The predicted octanol–water partition coefficient (Wildman–Crippen LogP) is 5.00. The number of aromatic carboxylic acids is 1. The lowest BCUT2D eigenvalue weighted by Crippen LogP contribution is -2.25. The number of benzene rings is 2. The van der Waals surface area contributed by atoms with Crippen LogP contribution in [-0.2, 0) is 21.4 Å². The van der Waals surface area contributed by atoms with E-state index >= 15 is 0 Å². The first-order chi connectivity index (χ1) is 17.2. The Morgan fingerprint density at radius 1 is 1.05 bits per heavy atom. The minimum Gasteiger partial charge on any atom is -0.478 e. The SMILES string of the molecule is CCN(Cc1ccccc1)c1ncc(NS(=O)(=O)c2ccc(Br)cc2)cc1C(=O)O.O=C(O)C(F)(F)F. The number of carboxylic acids is 2. The summed E-state index contributed by atoms with van der Waals surface area (Å²) in [6, 6.07) is 17.0. The summed E-state index contributed by atoms with van der Waals surface area (Å²) in [5, 5.41) is 16.8. The smallest absolute Gasteiger partial charge is 0.478 e. The second kappa shape index (κ2) is 12.5. The van der Waals surface area contributed by atoms with Gasteiger partial charge in [0.05, 0.1) is 16.8 Å². The highest BCUT2D eigenvalue weighted by atomic mass is 79.9. The predicted molar refractivity (Wildman–Crippen MR) is 133 cm³/mol. The van der Waals surface area contributed by atoms with Gasteiger partial charge in [0.2, 0.25) is 0 Å². The number of anilines is 2. The highest BCUT2D eigenvalue weighted by Gasteiger charge is 2.38. The Balaban J connectivity index is 0.000000604. The molecule has 14 heteroatoms. The highest BCUT2D eigenvalue weighted by Crippen LogP contribution is 2.25. The normalized spacial score (nSPS) is 11.2. The van der Waals surface area contributed by atoms with E-state index in [1.54, 1.807) is 12.1 Å². The average molecular weight is 604 g/mol. The van der Waals surface area contributed by atoms with Crippen LogP contribution in [0.5, 0.6) is 0 Å². The van der Waals surface area contributed by atoms with Gasteiger partial charge in [-0.3, -0.25) is 4.72 Å². The van der Waals surface area contributed by atoms with Gasteiger partial charge in [0.1, 0.15) is 11.4 Å².